The van der Waals surface area contributed by atoms with Crippen LogP contribution in [0.15, 0.2) is 24.3 Å². The first-order valence-corrected chi connectivity index (χ1v) is 7.57. The highest BCUT2D eigenvalue weighted by atomic mass is 16.5. The van der Waals surface area contributed by atoms with Crippen molar-refractivity contribution in [3.05, 3.63) is 29.8 Å². The van der Waals surface area contributed by atoms with Crippen LogP contribution in [0.5, 0.6) is 5.75 Å². The molecule has 1 aromatic carbocycles. The van der Waals surface area contributed by atoms with E-state index >= 15 is 0 Å². The minimum absolute atomic E-state index is 0.357. The van der Waals surface area contributed by atoms with Crippen molar-refractivity contribution in [2.24, 2.45) is 11.8 Å². The Morgan fingerprint density at radius 2 is 1.89 bits per heavy atom. The van der Waals surface area contributed by atoms with Gasteiger partial charge >= 0.3 is 0 Å². The van der Waals surface area contributed by atoms with Crippen LogP contribution in [0.25, 0.3) is 0 Å². The number of rotatable bonds is 5. The van der Waals surface area contributed by atoms with Crippen molar-refractivity contribution in [3.63, 3.8) is 0 Å². The van der Waals surface area contributed by atoms with Crippen LogP contribution in [0.3, 0.4) is 0 Å². The van der Waals surface area contributed by atoms with Gasteiger partial charge < -0.3 is 10.1 Å². The Labute approximate surface area is 117 Å². The minimum Gasteiger partial charge on any atom is -0.496 e. The molecule has 1 aromatic rings. The molecule has 0 bridgehead atoms. The van der Waals surface area contributed by atoms with Crippen LogP contribution in [-0.2, 0) is 0 Å². The van der Waals surface area contributed by atoms with Crippen LogP contribution in [0.4, 0.5) is 0 Å². The number of methoxy groups -OCH3 is 1. The molecule has 1 atom stereocenters. The second kappa shape index (κ2) is 6.95. The summed E-state index contributed by atoms with van der Waals surface area (Å²) in [6, 6.07) is 8.65. The van der Waals surface area contributed by atoms with Gasteiger partial charge in [0.05, 0.1) is 7.11 Å². The Kier molecular flexibility index (Phi) is 5.26. The van der Waals surface area contributed by atoms with Gasteiger partial charge in [-0.1, -0.05) is 38.0 Å². The molecule has 2 nitrogen and oxygen atoms in total. The molecule has 1 fully saturated rings. The molecule has 106 valence electrons. The van der Waals surface area contributed by atoms with Crippen molar-refractivity contribution in [2.45, 2.75) is 45.6 Å². The van der Waals surface area contributed by atoms with E-state index in [1.807, 2.05) is 12.1 Å². The first-order chi connectivity index (χ1) is 9.20. The summed E-state index contributed by atoms with van der Waals surface area (Å²) in [7, 11) is 1.74. The number of ether oxygens (including phenoxy) is 1. The number of para-hydroxylation sites is 1. The van der Waals surface area contributed by atoms with E-state index in [9.17, 15) is 0 Å². The SMILES string of the molecule is COc1ccccc1[C@@H](C)NCC1CCC(C)CC1. The van der Waals surface area contributed by atoms with Gasteiger partial charge in [0.2, 0.25) is 0 Å². The summed E-state index contributed by atoms with van der Waals surface area (Å²) in [5.41, 5.74) is 1.26. The summed E-state index contributed by atoms with van der Waals surface area (Å²) < 4.78 is 5.43. The highest BCUT2D eigenvalue weighted by Gasteiger charge is 2.19. The Morgan fingerprint density at radius 3 is 2.58 bits per heavy atom. The van der Waals surface area contributed by atoms with Gasteiger partial charge in [0.1, 0.15) is 5.75 Å². The lowest BCUT2D eigenvalue weighted by molar-refractivity contribution is 0.275. The minimum atomic E-state index is 0.357. The quantitative estimate of drug-likeness (QED) is 0.859. The van der Waals surface area contributed by atoms with Crippen molar-refractivity contribution in [2.75, 3.05) is 13.7 Å². The van der Waals surface area contributed by atoms with E-state index in [4.69, 9.17) is 4.74 Å². The lowest BCUT2D eigenvalue weighted by Crippen LogP contribution is -2.28. The van der Waals surface area contributed by atoms with Crippen molar-refractivity contribution in [3.8, 4) is 5.75 Å². The predicted molar refractivity (Wildman–Crippen MR) is 80.5 cm³/mol. The molecule has 1 saturated carbocycles. The zero-order valence-electron chi connectivity index (χ0n) is 12.5. The highest BCUT2D eigenvalue weighted by Crippen LogP contribution is 2.29. The molecule has 0 spiro atoms. The highest BCUT2D eigenvalue weighted by molar-refractivity contribution is 5.35. The summed E-state index contributed by atoms with van der Waals surface area (Å²) in [5, 5.41) is 3.68. The van der Waals surface area contributed by atoms with Crippen LogP contribution >= 0.6 is 0 Å². The molecular formula is C17H27NO. The van der Waals surface area contributed by atoms with Gasteiger partial charge in [-0.3, -0.25) is 0 Å². The standard InChI is InChI=1S/C17H27NO/c1-13-8-10-15(11-9-13)12-18-14(2)16-6-4-5-7-17(16)19-3/h4-7,13-15,18H,8-12H2,1-3H3/t13?,14-,15?/m1/s1. The van der Waals surface area contributed by atoms with Crippen LogP contribution in [0, 0.1) is 11.8 Å². The average Bonchev–Trinajstić information content (AvgIpc) is 2.46. The molecule has 2 heteroatoms. The summed E-state index contributed by atoms with van der Waals surface area (Å²) in [6.07, 6.45) is 5.56. The molecule has 0 aromatic heterocycles. The monoisotopic (exact) mass is 261 g/mol. The molecule has 0 amide bonds. The van der Waals surface area contributed by atoms with E-state index in [-0.39, 0.29) is 0 Å². The topological polar surface area (TPSA) is 21.3 Å². The Bertz CT molecular complexity index is 383. The fraction of sp³-hybridized carbons (Fsp3) is 0.647. The van der Waals surface area contributed by atoms with Gasteiger partial charge in [-0.2, -0.15) is 0 Å². The Balaban J connectivity index is 1.85. The van der Waals surface area contributed by atoms with E-state index in [2.05, 4.69) is 31.3 Å². The van der Waals surface area contributed by atoms with E-state index < -0.39 is 0 Å². The molecule has 1 aliphatic carbocycles. The molecule has 0 radical (unpaired) electrons. The zero-order chi connectivity index (χ0) is 13.7. The third kappa shape index (κ3) is 3.97. The van der Waals surface area contributed by atoms with Crippen LogP contribution in [0.1, 0.15) is 51.1 Å². The number of nitrogens with one attached hydrogen (secondary N) is 1. The van der Waals surface area contributed by atoms with Gasteiger partial charge in [-0.25, -0.2) is 0 Å². The fourth-order valence-corrected chi connectivity index (χ4v) is 3.01. The smallest absolute Gasteiger partial charge is 0.123 e. The van der Waals surface area contributed by atoms with E-state index in [1.54, 1.807) is 7.11 Å². The van der Waals surface area contributed by atoms with E-state index in [0.29, 0.717) is 6.04 Å². The average molecular weight is 261 g/mol. The van der Waals surface area contributed by atoms with Crippen molar-refractivity contribution < 1.29 is 4.74 Å². The van der Waals surface area contributed by atoms with Crippen molar-refractivity contribution in [1.29, 1.82) is 0 Å². The second-order valence-corrected chi connectivity index (χ2v) is 6.00. The summed E-state index contributed by atoms with van der Waals surface area (Å²) in [4.78, 5) is 0. The first kappa shape index (κ1) is 14.4. The maximum atomic E-state index is 5.43. The van der Waals surface area contributed by atoms with Gasteiger partial charge in [-0.05, 0) is 44.2 Å². The maximum absolute atomic E-state index is 5.43. The van der Waals surface area contributed by atoms with Gasteiger partial charge in [0, 0.05) is 11.6 Å². The largest absolute Gasteiger partial charge is 0.496 e. The molecule has 1 N–H and O–H groups in total. The van der Waals surface area contributed by atoms with Gasteiger partial charge in [0.25, 0.3) is 0 Å². The zero-order valence-corrected chi connectivity index (χ0v) is 12.5. The normalized spacial score (nSPS) is 25.0. The molecule has 2 rings (SSSR count). The Hall–Kier alpha value is -1.02. The molecular weight excluding hydrogens is 234 g/mol. The number of hydrogen-bond acceptors (Lipinski definition) is 2. The molecule has 0 saturated heterocycles. The summed E-state index contributed by atoms with van der Waals surface area (Å²) in [6.45, 7) is 5.73. The molecule has 0 unspecified atom stereocenters. The lowest BCUT2D eigenvalue weighted by Gasteiger charge is -2.28. The number of hydrogen-bond donors (Lipinski definition) is 1. The predicted octanol–water partition coefficient (Wildman–Crippen LogP) is 4.17. The fourth-order valence-electron chi connectivity index (χ4n) is 3.01. The van der Waals surface area contributed by atoms with Crippen LogP contribution < -0.4 is 10.1 Å². The van der Waals surface area contributed by atoms with Crippen molar-refractivity contribution >= 4 is 0 Å². The second-order valence-electron chi connectivity index (χ2n) is 6.00. The van der Waals surface area contributed by atoms with Gasteiger partial charge in [-0.15, -0.1) is 0 Å². The molecule has 0 heterocycles. The van der Waals surface area contributed by atoms with E-state index in [0.717, 1.165) is 24.1 Å². The van der Waals surface area contributed by atoms with Crippen molar-refractivity contribution in [1.82, 2.24) is 5.32 Å². The van der Waals surface area contributed by atoms with Gasteiger partial charge in [0.15, 0.2) is 0 Å². The summed E-state index contributed by atoms with van der Waals surface area (Å²) in [5.74, 6) is 2.77. The number of benzene rings is 1. The van der Waals surface area contributed by atoms with E-state index in [1.165, 1.54) is 31.2 Å². The molecule has 1 aliphatic rings. The van der Waals surface area contributed by atoms with Crippen LogP contribution in [-0.4, -0.2) is 13.7 Å². The maximum Gasteiger partial charge on any atom is 0.123 e. The van der Waals surface area contributed by atoms with Crippen LogP contribution in [0.2, 0.25) is 0 Å². The Morgan fingerprint density at radius 1 is 1.21 bits per heavy atom. The first-order valence-electron chi connectivity index (χ1n) is 7.57. The molecule has 19 heavy (non-hydrogen) atoms. The third-order valence-corrected chi connectivity index (χ3v) is 4.45. The molecule has 0 aliphatic heterocycles. The third-order valence-electron chi connectivity index (χ3n) is 4.45. The lowest BCUT2D eigenvalue weighted by atomic mass is 9.83. The summed E-state index contributed by atoms with van der Waals surface area (Å²) >= 11 is 0.